The third-order valence-electron chi connectivity index (χ3n) is 7.17. The van der Waals surface area contributed by atoms with Crippen molar-refractivity contribution < 1.29 is 0 Å². The van der Waals surface area contributed by atoms with Gasteiger partial charge in [-0.15, -0.1) is 0 Å². The number of hydrogen-bond donors (Lipinski definition) is 0. The normalized spacial score (nSPS) is 32.6. The van der Waals surface area contributed by atoms with Gasteiger partial charge in [0.15, 0.2) is 0 Å². The first-order chi connectivity index (χ1) is 11.9. The van der Waals surface area contributed by atoms with Crippen molar-refractivity contribution in [2.75, 3.05) is 0 Å². The summed E-state index contributed by atoms with van der Waals surface area (Å²) in [4.78, 5) is 0. The molecule has 0 N–H and O–H groups in total. The van der Waals surface area contributed by atoms with Crippen LogP contribution in [0.5, 0.6) is 0 Å². The Labute approximate surface area is 159 Å². The molecule has 0 radical (unpaired) electrons. The van der Waals surface area contributed by atoms with Gasteiger partial charge in [-0.3, -0.25) is 0 Å². The zero-order valence-corrected chi connectivity index (χ0v) is 17.6. The molecular formula is C26H32. The van der Waals surface area contributed by atoms with Crippen molar-refractivity contribution in [3.8, 4) is 0 Å². The first-order valence-corrected chi connectivity index (χ1v) is 9.88. The quantitative estimate of drug-likeness (QED) is 0.434. The van der Waals surface area contributed by atoms with Gasteiger partial charge in [0.05, 0.1) is 0 Å². The maximum absolute atomic E-state index is 2.45. The lowest BCUT2D eigenvalue weighted by atomic mass is 9.45. The van der Waals surface area contributed by atoms with Crippen LogP contribution in [0.25, 0.3) is 0 Å². The Balaban J connectivity index is 2.01. The van der Waals surface area contributed by atoms with Gasteiger partial charge in [-0.25, -0.2) is 0 Å². The van der Waals surface area contributed by atoms with Crippen LogP contribution in [0.1, 0.15) is 55.4 Å². The molecule has 4 aliphatic rings. The maximum Gasteiger partial charge on any atom is 0.0309 e. The molecule has 4 rings (SSSR count). The summed E-state index contributed by atoms with van der Waals surface area (Å²) in [5.41, 5.74) is 9.00. The van der Waals surface area contributed by atoms with Crippen molar-refractivity contribution in [3.05, 3.63) is 82.0 Å². The summed E-state index contributed by atoms with van der Waals surface area (Å²) in [6.45, 7) is 18.7. The summed E-state index contributed by atoms with van der Waals surface area (Å²) in [7, 11) is 0. The minimum atomic E-state index is 0.00628. The highest BCUT2D eigenvalue weighted by Gasteiger charge is 2.56. The molecule has 0 heteroatoms. The number of hydrogen-bond acceptors (Lipinski definition) is 0. The molecule has 2 atom stereocenters. The second-order valence-electron chi connectivity index (χ2n) is 10.7. The molecule has 0 fully saturated rings. The van der Waals surface area contributed by atoms with Crippen LogP contribution in [0.3, 0.4) is 0 Å². The molecule has 0 aliphatic heterocycles. The molecule has 26 heavy (non-hydrogen) atoms. The molecule has 0 aromatic rings. The van der Waals surface area contributed by atoms with E-state index in [9.17, 15) is 0 Å². The van der Waals surface area contributed by atoms with Crippen molar-refractivity contribution >= 4 is 0 Å². The standard InChI is InChI=1S/C26H32/c1-23(2,3)21-13-17-9-11-19-15-22(24(4,5)6)16-20-12-10-18(14-21)25(17,7)26(19,20)8/h9-16H,1-8H3. The summed E-state index contributed by atoms with van der Waals surface area (Å²) in [5, 5.41) is 0. The molecule has 0 saturated carbocycles. The zero-order valence-electron chi connectivity index (χ0n) is 17.6. The molecule has 2 unspecified atom stereocenters. The largest absolute Gasteiger partial charge is 0.0578 e. The summed E-state index contributed by atoms with van der Waals surface area (Å²) in [5.74, 6) is 0. The summed E-state index contributed by atoms with van der Waals surface area (Å²) >= 11 is 0. The van der Waals surface area contributed by atoms with Crippen molar-refractivity contribution in [1.82, 2.24) is 0 Å². The first kappa shape index (κ1) is 17.6. The molecule has 0 heterocycles. The van der Waals surface area contributed by atoms with Crippen molar-refractivity contribution in [2.45, 2.75) is 55.4 Å². The summed E-state index contributed by atoms with van der Waals surface area (Å²) in [6, 6.07) is 0. The Kier molecular flexibility index (Phi) is 3.32. The topological polar surface area (TPSA) is 0 Å². The fraction of sp³-hybridized carbons (Fsp3) is 0.462. The SMILES string of the molecule is CC(C)(C)C1=CC2=CC=C3C=C(C(C)(C)C)C=C4C=CC(=C1)C2(C)C34C. The highest BCUT2D eigenvalue weighted by atomic mass is 14.6. The molecule has 0 aromatic carbocycles. The zero-order chi connectivity index (χ0) is 19.1. The Hall–Kier alpha value is -1.82. The number of rotatable bonds is 0. The van der Waals surface area contributed by atoms with Crippen LogP contribution in [-0.4, -0.2) is 0 Å². The van der Waals surface area contributed by atoms with E-state index in [1.54, 1.807) is 0 Å². The Morgan fingerprint density at radius 3 is 1.19 bits per heavy atom. The summed E-state index contributed by atoms with van der Waals surface area (Å²) < 4.78 is 0. The fourth-order valence-corrected chi connectivity index (χ4v) is 4.90. The Morgan fingerprint density at radius 2 is 0.885 bits per heavy atom. The van der Waals surface area contributed by atoms with Gasteiger partial charge < -0.3 is 0 Å². The Morgan fingerprint density at radius 1 is 0.538 bits per heavy atom. The van der Waals surface area contributed by atoms with Crippen molar-refractivity contribution in [3.63, 3.8) is 0 Å². The highest BCUT2D eigenvalue weighted by molar-refractivity contribution is 5.69. The lowest BCUT2D eigenvalue weighted by Crippen LogP contribution is -2.48. The van der Waals surface area contributed by atoms with Gasteiger partial charge in [-0.1, -0.05) is 104 Å². The van der Waals surface area contributed by atoms with Crippen LogP contribution in [0.4, 0.5) is 0 Å². The van der Waals surface area contributed by atoms with Gasteiger partial charge in [-0.2, -0.15) is 0 Å². The third-order valence-corrected chi connectivity index (χ3v) is 7.17. The van der Waals surface area contributed by atoms with Gasteiger partial charge in [0.2, 0.25) is 0 Å². The van der Waals surface area contributed by atoms with Crippen LogP contribution in [0, 0.1) is 21.7 Å². The molecule has 0 amide bonds. The van der Waals surface area contributed by atoms with Crippen molar-refractivity contribution in [2.24, 2.45) is 21.7 Å². The van der Waals surface area contributed by atoms with E-state index in [0.717, 1.165) is 0 Å². The van der Waals surface area contributed by atoms with Crippen molar-refractivity contribution in [1.29, 1.82) is 0 Å². The first-order valence-electron chi connectivity index (χ1n) is 9.88. The average molecular weight is 345 g/mol. The van der Waals surface area contributed by atoms with Gasteiger partial charge in [0.25, 0.3) is 0 Å². The maximum atomic E-state index is 2.45. The van der Waals surface area contributed by atoms with Crippen LogP contribution in [0.15, 0.2) is 82.0 Å². The van der Waals surface area contributed by atoms with Gasteiger partial charge in [-0.05, 0) is 44.3 Å². The predicted octanol–water partition coefficient (Wildman–Crippen LogP) is 7.26. The lowest BCUT2D eigenvalue weighted by Gasteiger charge is -2.57. The van der Waals surface area contributed by atoms with E-state index < -0.39 is 0 Å². The highest BCUT2D eigenvalue weighted by Crippen LogP contribution is 2.66. The molecule has 136 valence electrons. The molecular weight excluding hydrogens is 312 g/mol. The molecule has 4 aliphatic carbocycles. The smallest absolute Gasteiger partial charge is 0.0309 e. The van der Waals surface area contributed by atoms with Crippen LogP contribution in [-0.2, 0) is 0 Å². The minimum absolute atomic E-state index is 0.00628. The van der Waals surface area contributed by atoms with Crippen LogP contribution >= 0.6 is 0 Å². The molecule has 0 aromatic heterocycles. The summed E-state index contributed by atoms with van der Waals surface area (Å²) in [6.07, 6.45) is 19.3. The number of allylic oxidation sites excluding steroid dienone is 14. The minimum Gasteiger partial charge on any atom is -0.0578 e. The van der Waals surface area contributed by atoms with E-state index in [0.29, 0.717) is 0 Å². The second-order valence-corrected chi connectivity index (χ2v) is 10.7. The van der Waals surface area contributed by atoms with E-state index in [1.165, 1.54) is 33.4 Å². The van der Waals surface area contributed by atoms with E-state index in [4.69, 9.17) is 0 Å². The van der Waals surface area contributed by atoms with E-state index in [1.807, 2.05) is 0 Å². The van der Waals surface area contributed by atoms with E-state index in [-0.39, 0.29) is 21.7 Å². The second kappa shape index (κ2) is 4.91. The van der Waals surface area contributed by atoms with Crippen LogP contribution in [0.2, 0.25) is 0 Å². The third kappa shape index (κ3) is 2.08. The van der Waals surface area contributed by atoms with E-state index in [2.05, 4.69) is 104 Å². The van der Waals surface area contributed by atoms with Gasteiger partial charge in [0.1, 0.15) is 0 Å². The van der Waals surface area contributed by atoms with Crippen LogP contribution < -0.4 is 0 Å². The molecule has 0 saturated heterocycles. The monoisotopic (exact) mass is 344 g/mol. The molecule has 0 nitrogen and oxygen atoms in total. The molecule has 0 spiro atoms. The molecule has 0 bridgehead atoms. The predicted molar refractivity (Wildman–Crippen MR) is 113 cm³/mol. The fourth-order valence-electron chi connectivity index (χ4n) is 4.90. The lowest BCUT2D eigenvalue weighted by molar-refractivity contribution is 0.245. The van der Waals surface area contributed by atoms with Gasteiger partial charge in [0, 0.05) is 10.8 Å². The van der Waals surface area contributed by atoms with Gasteiger partial charge >= 0.3 is 0 Å². The average Bonchev–Trinajstić information content (AvgIpc) is 2.50. The van der Waals surface area contributed by atoms with E-state index >= 15 is 0 Å². The Bertz CT molecular complexity index is 830.